The van der Waals surface area contributed by atoms with Crippen LogP contribution in [0.15, 0.2) is 0 Å². The molecule has 0 aromatic carbocycles. The van der Waals surface area contributed by atoms with E-state index in [-0.39, 0.29) is 18.8 Å². The first-order valence-electron chi connectivity index (χ1n) is 4.13. The van der Waals surface area contributed by atoms with Gasteiger partial charge in [-0.05, 0) is 32.9 Å². The maximum Gasteiger partial charge on any atom is 0.0913 e. The zero-order chi connectivity index (χ0) is 8.32. The van der Waals surface area contributed by atoms with E-state index in [1.807, 2.05) is 7.05 Å². The summed E-state index contributed by atoms with van der Waals surface area (Å²) in [6.45, 7) is 0.749. The Balaban J connectivity index is 2.57. The minimum Gasteiger partial charge on any atom is -0.394 e. The van der Waals surface area contributed by atoms with Crippen LogP contribution in [0.5, 0.6) is 0 Å². The van der Waals surface area contributed by atoms with Gasteiger partial charge in [0, 0.05) is 5.54 Å². The molecule has 1 aliphatic heterocycles. The fourth-order valence-corrected chi connectivity index (χ4v) is 1.84. The average Bonchev–Trinajstić information content (AvgIpc) is 2.35. The molecule has 1 unspecified atom stereocenters. The molecule has 11 heavy (non-hydrogen) atoms. The van der Waals surface area contributed by atoms with E-state index >= 15 is 0 Å². The molecule has 1 rings (SSSR count). The SMILES string of the molecule is CN1CCCC1(CO)CCF. The highest BCUT2D eigenvalue weighted by Gasteiger charge is 2.37. The van der Waals surface area contributed by atoms with Crippen molar-refractivity contribution in [3.63, 3.8) is 0 Å². The third kappa shape index (κ3) is 1.54. The van der Waals surface area contributed by atoms with Crippen LogP contribution >= 0.6 is 0 Å². The van der Waals surface area contributed by atoms with Crippen LogP contribution in [0.3, 0.4) is 0 Å². The number of alkyl halides is 1. The van der Waals surface area contributed by atoms with Gasteiger partial charge in [0.25, 0.3) is 0 Å². The van der Waals surface area contributed by atoms with Crippen molar-refractivity contribution in [3.8, 4) is 0 Å². The molecule has 0 aromatic heterocycles. The number of likely N-dealkylation sites (tertiary alicyclic amines) is 1. The van der Waals surface area contributed by atoms with Gasteiger partial charge in [0.1, 0.15) is 0 Å². The zero-order valence-electron chi connectivity index (χ0n) is 7.02. The van der Waals surface area contributed by atoms with Gasteiger partial charge in [-0.3, -0.25) is 9.29 Å². The first-order valence-corrected chi connectivity index (χ1v) is 4.13. The van der Waals surface area contributed by atoms with E-state index < -0.39 is 0 Å². The molecule has 66 valence electrons. The number of likely N-dealkylation sites (N-methyl/N-ethyl adjacent to an activating group) is 1. The molecule has 1 fully saturated rings. The van der Waals surface area contributed by atoms with Crippen LogP contribution in [0.1, 0.15) is 19.3 Å². The number of aliphatic hydroxyl groups is 1. The van der Waals surface area contributed by atoms with Crippen molar-refractivity contribution in [1.82, 2.24) is 4.90 Å². The molecule has 0 radical (unpaired) electrons. The predicted molar refractivity (Wildman–Crippen MR) is 42.3 cm³/mol. The Kier molecular flexibility index (Phi) is 2.84. The van der Waals surface area contributed by atoms with Crippen LogP contribution in [0.4, 0.5) is 4.39 Å². The monoisotopic (exact) mass is 161 g/mol. The smallest absolute Gasteiger partial charge is 0.0913 e. The Labute approximate surface area is 67.0 Å². The third-order valence-corrected chi connectivity index (χ3v) is 2.80. The van der Waals surface area contributed by atoms with Gasteiger partial charge in [-0.15, -0.1) is 0 Å². The van der Waals surface area contributed by atoms with Gasteiger partial charge in [-0.1, -0.05) is 0 Å². The number of halogens is 1. The fraction of sp³-hybridized carbons (Fsp3) is 1.00. The third-order valence-electron chi connectivity index (χ3n) is 2.80. The first kappa shape index (κ1) is 8.94. The van der Waals surface area contributed by atoms with Gasteiger partial charge in [-0.2, -0.15) is 0 Å². The Morgan fingerprint density at radius 1 is 1.64 bits per heavy atom. The fourth-order valence-electron chi connectivity index (χ4n) is 1.84. The topological polar surface area (TPSA) is 23.5 Å². The molecule has 1 heterocycles. The highest BCUT2D eigenvalue weighted by atomic mass is 19.1. The van der Waals surface area contributed by atoms with Crippen molar-refractivity contribution in [3.05, 3.63) is 0 Å². The first-order chi connectivity index (χ1) is 5.25. The number of nitrogens with zero attached hydrogens (tertiary/aromatic N) is 1. The number of aliphatic hydroxyl groups excluding tert-OH is 1. The standard InChI is InChI=1S/C8H16FNO/c1-10-6-2-3-8(10,7-11)4-5-9/h11H,2-7H2,1H3. The Morgan fingerprint density at radius 3 is 2.73 bits per heavy atom. The molecule has 0 amide bonds. The van der Waals surface area contributed by atoms with Gasteiger partial charge in [-0.25, -0.2) is 0 Å². The van der Waals surface area contributed by atoms with E-state index in [0.717, 1.165) is 19.4 Å². The van der Waals surface area contributed by atoms with E-state index in [9.17, 15) is 4.39 Å². The van der Waals surface area contributed by atoms with Crippen LogP contribution in [-0.4, -0.2) is 42.4 Å². The van der Waals surface area contributed by atoms with Gasteiger partial charge >= 0.3 is 0 Å². The van der Waals surface area contributed by atoms with Crippen molar-refractivity contribution in [2.75, 3.05) is 26.9 Å². The quantitative estimate of drug-likeness (QED) is 0.662. The largest absolute Gasteiger partial charge is 0.394 e. The minimum atomic E-state index is -0.328. The number of hydrogen-bond donors (Lipinski definition) is 1. The summed E-state index contributed by atoms with van der Waals surface area (Å²) in [5.41, 5.74) is -0.241. The second-order valence-corrected chi connectivity index (χ2v) is 3.35. The summed E-state index contributed by atoms with van der Waals surface area (Å²) in [4.78, 5) is 2.08. The van der Waals surface area contributed by atoms with Gasteiger partial charge in [0.2, 0.25) is 0 Å². The van der Waals surface area contributed by atoms with Crippen LogP contribution in [-0.2, 0) is 0 Å². The summed E-state index contributed by atoms with van der Waals surface area (Å²) in [5.74, 6) is 0. The Hall–Kier alpha value is -0.150. The summed E-state index contributed by atoms with van der Waals surface area (Å²) in [6.07, 6.45) is 2.49. The van der Waals surface area contributed by atoms with E-state index in [2.05, 4.69) is 4.90 Å². The highest BCUT2D eigenvalue weighted by molar-refractivity contribution is 4.93. The van der Waals surface area contributed by atoms with Crippen LogP contribution in [0.2, 0.25) is 0 Å². The lowest BCUT2D eigenvalue weighted by Crippen LogP contribution is -2.45. The molecule has 0 spiro atoms. The number of hydrogen-bond acceptors (Lipinski definition) is 2. The maximum absolute atomic E-state index is 12.1. The molecule has 1 aliphatic rings. The van der Waals surface area contributed by atoms with Crippen LogP contribution < -0.4 is 0 Å². The molecule has 0 aliphatic carbocycles. The maximum atomic E-state index is 12.1. The average molecular weight is 161 g/mol. The van der Waals surface area contributed by atoms with E-state index in [1.165, 1.54) is 0 Å². The van der Waals surface area contributed by atoms with Crippen molar-refractivity contribution >= 4 is 0 Å². The zero-order valence-corrected chi connectivity index (χ0v) is 7.02. The summed E-state index contributed by atoms with van der Waals surface area (Å²) >= 11 is 0. The summed E-state index contributed by atoms with van der Waals surface area (Å²) in [6, 6.07) is 0. The molecule has 1 atom stereocenters. The van der Waals surface area contributed by atoms with E-state index in [1.54, 1.807) is 0 Å². The molecule has 2 nitrogen and oxygen atoms in total. The van der Waals surface area contributed by atoms with Crippen LogP contribution in [0, 0.1) is 0 Å². The molecule has 3 heteroatoms. The van der Waals surface area contributed by atoms with Gasteiger partial charge < -0.3 is 5.11 Å². The van der Waals surface area contributed by atoms with Gasteiger partial charge in [0.15, 0.2) is 0 Å². The van der Waals surface area contributed by atoms with Crippen molar-refractivity contribution < 1.29 is 9.50 Å². The Bertz CT molecular complexity index is 131. The van der Waals surface area contributed by atoms with Gasteiger partial charge in [0.05, 0.1) is 13.3 Å². The summed E-state index contributed by atoms with van der Waals surface area (Å²) in [7, 11) is 1.96. The molecule has 0 aromatic rings. The van der Waals surface area contributed by atoms with E-state index in [0.29, 0.717) is 6.42 Å². The van der Waals surface area contributed by atoms with Crippen molar-refractivity contribution in [2.45, 2.75) is 24.8 Å². The number of rotatable bonds is 3. The van der Waals surface area contributed by atoms with Crippen LogP contribution in [0.25, 0.3) is 0 Å². The second-order valence-electron chi connectivity index (χ2n) is 3.35. The molecule has 1 saturated heterocycles. The molecular weight excluding hydrogens is 145 g/mol. The summed E-state index contributed by atoms with van der Waals surface area (Å²) < 4.78 is 12.1. The molecule has 0 saturated carbocycles. The lowest BCUT2D eigenvalue weighted by Gasteiger charge is -2.33. The summed E-state index contributed by atoms with van der Waals surface area (Å²) in [5, 5.41) is 9.11. The lowest BCUT2D eigenvalue weighted by molar-refractivity contribution is 0.0697. The lowest BCUT2D eigenvalue weighted by atomic mass is 9.94. The predicted octanol–water partition coefficient (Wildman–Crippen LogP) is 0.803. The second kappa shape index (κ2) is 3.50. The van der Waals surface area contributed by atoms with Crippen molar-refractivity contribution in [2.24, 2.45) is 0 Å². The highest BCUT2D eigenvalue weighted by Crippen LogP contribution is 2.30. The molecule has 0 bridgehead atoms. The molecule has 1 N–H and O–H groups in total. The Morgan fingerprint density at radius 2 is 2.36 bits per heavy atom. The normalized spacial score (nSPS) is 33.0. The molecular formula is C8H16FNO. The van der Waals surface area contributed by atoms with Crippen molar-refractivity contribution in [1.29, 1.82) is 0 Å². The van der Waals surface area contributed by atoms with E-state index in [4.69, 9.17) is 5.11 Å². The minimum absolute atomic E-state index is 0.0907.